The predicted octanol–water partition coefficient (Wildman–Crippen LogP) is 4.25. The highest BCUT2D eigenvalue weighted by Crippen LogP contribution is 2.29. The molecule has 136 valence electrons. The van der Waals surface area contributed by atoms with Crippen molar-refractivity contribution in [2.24, 2.45) is 0 Å². The number of rotatable bonds is 7. The SMILES string of the molecule is COc1cc(/C=C/c2ccccn2)ccc1OC(=O)COc1ccccc1. The Labute approximate surface area is 157 Å². The molecule has 0 fully saturated rings. The summed E-state index contributed by atoms with van der Waals surface area (Å²) < 4.78 is 16.1. The average molecular weight is 361 g/mol. The van der Waals surface area contributed by atoms with Gasteiger partial charge in [0.05, 0.1) is 12.8 Å². The van der Waals surface area contributed by atoms with Crippen LogP contribution in [0.3, 0.4) is 0 Å². The van der Waals surface area contributed by atoms with Crippen molar-refractivity contribution in [2.45, 2.75) is 0 Å². The molecule has 0 radical (unpaired) electrons. The van der Waals surface area contributed by atoms with Crippen molar-refractivity contribution in [1.82, 2.24) is 4.98 Å². The summed E-state index contributed by atoms with van der Waals surface area (Å²) in [5.41, 5.74) is 1.75. The van der Waals surface area contributed by atoms with E-state index in [-0.39, 0.29) is 6.61 Å². The van der Waals surface area contributed by atoms with Crippen LogP contribution in [0.15, 0.2) is 72.9 Å². The van der Waals surface area contributed by atoms with Gasteiger partial charge in [-0.25, -0.2) is 4.79 Å². The fourth-order valence-corrected chi connectivity index (χ4v) is 2.34. The number of pyridine rings is 1. The zero-order chi connectivity index (χ0) is 18.9. The molecule has 0 aliphatic rings. The first-order valence-electron chi connectivity index (χ1n) is 8.40. The van der Waals surface area contributed by atoms with Gasteiger partial charge >= 0.3 is 5.97 Å². The van der Waals surface area contributed by atoms with Crippen LogP contribution in [0.4, 0.5) is 0 Å². The van der Waals surface area contributed by atoms with Crippen LogP contribution in [-0.2, 0) is 4.79 Å². The lowest BCUT2D eigenvalue weighted by molar-refractivity contribution is -0.136. The van der Waals surface area contributed by atoms with Gasteiger partial charge in [-0.1, -0.05) is 36.4 Å². The molecule has 3 rings (SSSR count). The smallest absolute Gasteiger partial charge is 0.349 e. The maximum atomic E-state index is 12.0. The molecule has 5 nitrogen and oxygen atoms in total. The van der Waals surface area contributed by atoms with E-state index in [4.69, 9.17) is 14.2 Å². The summed E-state index contributed by atoms with van der Waals surface area (Å²) in [5.74, 6) is 0.908. The van der Waals surface area contributed by atoms with Crippen molar-refractivity contribution in [3.8, 4) is 17.2 Å². The van der Waals surface area contributed by atoms with Crippen molar-refractivity contribution in [3.05, 3.63) is 84.2 Å². The third-order valence-corrected chi connectivity index (χ3v) is 3.65. The third kappa shape index (κ3) is 5.44. The molecule has 1 aromatic heterocycles. The maximum Gasteiger partial charge on any atom is 0.349 e. The van der Waals surface area contributed by atoms with Crippen LogP contribution in [0.2, 0.25) is 0 Å². The largest absolute Gasteiger partial charge is 0.493 e. The number of nitrogens with zero attached hydrogens (tertiary/aromatic N) is 1. The Hall–Kier alpha value is -3.60. The summed E-state index contributed by atoms with van der Waals surface area (Å²) in [5, 5.41) is 0. The molecular weight excluding hydrogens is 342 g/mol. The highest BCUT2D eigenvalue weighted by Gasteiger charge is 2.11. The standard InChI is InChI=1S/C22H19NO4/c1-25-21-15-17(10-12-18-7-5-6-14-23-18)11-13-20(21)27-22(24)16-26-19-8-3-2-4-9-19/h2-15H,16H2,1H3/b12-10+. The highest BCUT2D eigenvalue weighted by molar-refractivity contribution is 5.76. The topological polar surface area (TPSA) is 57.7 Å². The quantitative estimate of drug-likeness (QED) is 0.465. The van der Waals surface area contributed by atoms with Crippen molar-refractivity contribution in [1.29, 1.82) is 0 Å². The summed E-state index contributed by atoms with van der Waals surface area (Å²) >= 11 is 0. The lowest BCUT2D eigenvalue weighted by Crippen LogP contribution is -2.18. The Bertz CT molecular complexity index is 908. The second kappa shape index (κ2) is 9.20. The van der Waals surface area contributed by atoms with E-state index < -0.39 is 5.97 Å². The van der Waals surface area contributed by atoms with E-state index >= 15 is 0 Å². The lowest BCUT2D eigenvalue weighted by atomic mass is 10.1. The van der Waals surface area contributed by atoms with E-state index in [0.29, 0.717) is 17.2 Å². The summed E-state index contributed by atoms with van der Waals surface area (Å²) in [6, 6.07) is 20.1. The van der Waals surface area contributed by atoms with Gasteiger partial charge in [0.2, 0.25) is 0 Å². The molecule has 0 saturated carbocycles. The number of methoxy groups -OCH3 is 1. The van der Waals surface area contributed by atoms with Crippen LogP contribution in [0, 0.1) is 0 Å². The van der Waals surface area contributed by atoms with Gasteiger partial charge in [-0.2, -0.15) is 0 Å². The maximum absolute atomic E-state index is 12.0. The minimum Gasteiger partial charge on any atom is -0.493 e. The third-order valence-electron chi connectivity index (χ3n) is 3.65. The number of para-hydroxylation sites is 1. The highest BCUT2D eigenvalue weighted by atomic mass is 16.6. The van der Waals surface area contributed by atoms with Crippen molar-refractivity contribution in [2.75, 3.05) is 13.7 Å². The van der Waals surface area contributed by atoms with Gasteiger partial charge in [-0.3, -0.25) is 4.98 Å². The Morgan fingerprint density at radius 3 is 2.52 bits per heavy atom. The number of esters is 1. The van der Waals surface area contributed by atoms with Gasteiger partial charge in [-0.15, -0.1) is 0 Å². The molecule has 0 atom stereocenters. The fraction of sp³-hybridized carbons (Fsp3) is 0.0909. The molecule has 0 bridgehead atoms. The first-order valence-corrected chi connectivity index (χ1v) is 8.40. The molecule has 2 aromatic carbocycles. The van der Waals surface area contributed by atoms with E-state index in [0.717, 1.165) is 11.3 Å². The van der Waals surface area contributed by atoms with Gasteiger partial charge < -0.3 is 14.2 Å². The number of benzene rings is 2. The summed E-state index contributed by atoms with van der Waals surface area (Å²) in [6.07, 6.45) is 5.55. The second-order valence-corrected chi connectivity index (χ2v) is 5.57. The van der Waals surface area contributed by atoms with Crippen molar-refractivity contribution in [3.63, 3.8) is 0 Å². The lowest BCUT2D eigenvalue weighted by Gasteiger charge is -2.10. The fourth-order valence-electron chi connectivity index (χ4n) is 2.34. The Morgan fingerprint density at radius 1 is 0.963 bits per heavy atom. The van der Waals surface area contributed by atoms with Crippen LogP contribution in [0.25, 0.3) is 12.2 Å². The molecule has 0 saturated heterocycles. The van der Waals surface area contributed by atoms with Crippen LogP contribution >= 0.6 is 0 Å². The van der Waals surface area contributed by atoms with Crippen LogP contribution in [0.1, 0.15) is 11.3 Å². The number of ether oxygens (including phenoxy) is 3. The summed E-state index contributed by atoms with van der Waals surface area (Å²) in [4.78, 5) is 16.3. The normalized spacial score (nSPS) is 10.6. The zero-order valence-corrected chi connectivity index (χ0v) is 14.9. The molecule has 0 amide bonds. The Balaban J connectivity index is 1.63. The van der Waals surface area contributed by atoms with E-state index in [2.05, 4.69) is 4.98 Å². The van der Waals surface area contributed by atoms with E-state index in [1.54, 1.807) is 30.5 Å². The average Bonchev–Trinajstić information content (AvgIpc) is 2.73. The molecule has 0 aliphatic carbocycles. The minimum atomic E-state index is -0.506. The molecule has 0 aliphatic heterocycles. The Kier molecular flexibility index (Phi) is 6.20. The van der Waals surface area contributed by atoms with Crippen LogP contribution in [-0.4, -0.2) is 24.7 Å². The monoisotopic (exact) mass is 361 g/mol. The molecule has 1 heterocycles. The van der Waals surface area contributed by atoms with Gasteiger partial charge in [-0.05, 0) is 48.0 Å². The Morgan fingerprint density at radius 2 is 1.78 bits per heavy atom. The van der Waals surface area contributed by atoms with E-state index in [9.17, 15) is 4.79 Å². The number of hydrogen-bond acceptors (Lipinski definition) is 5. The second-order valence-electron chi connectivity index (χ2n) is 5.57. The van der Waals surface area contributed by atoms with E-state index in [1.165, 1.54) is 7.11 Å². The number of hydrogen-bond donors (Lipinski definition) is 0. The van der Waals surface area contributed by atoms with Gasteiger partial charge in [0, 0.05) is 6.20 Å². The minimum absolute atomic E-state index is 0.186. The molecule has 27 heavy (non-hydrogen) atoms. The van der Waals surface area contributed by atoms with Crippen LogP contribution in [0.5, 0.6) is 17.2 Å². The number of aromatic nitrogens is 1. The summed E-state index contributed by atoms with van der Waals surface area (Å²) in [6.45, 7) is -0.186. The molecule has 0 unspecified atom stereocenters. The van der Waals surface area contributed by atoms with E-state index in [1.807, 2.05) is 54.6 Å². The van der Waals surface area contributed by atoms with Crippen molar-refractivity contribution >= 4 is 18.1 Å². The van der Waals surface area contributed by atoms with Crippen molar-refractivity contribution < 1.29 is 19.0 Å². The van der Waals surface area contributed by atoms with Crippen LogP contribution < -0.4 is 14.2 Å². The van der Waals surface area contributed by atoms with Gasteiger partial charge in [0.1, 0.15) is 5.75 Å². The molecule has 0 N–H and O–H groups in total. The summed E-state index contributed by atoms with van der Waals surface area (Å²) in [7, 11) is 1.53. The molecule has 0 spiro atoms. The van der Waals surface area contributed by atoms with Gasteiger partial charge in [0.25, 0.3) is 0 Å². The molecule has 3 aromatic rings. The number of carbonyl (C=O) groups excluding carboxylic acids is 1. The zero-order valence-electron chi connectivity index (χ0n) is 14.9. The first kappa shape index (κ1) is 18.2. The van der Waals surface area contributed by atoms with Gasteiger partial charge in [0.15, 0.2) is 18.1 Å². The molecular formula is C22H19NO4. The number of carbonyl (C=O) groups is 1. The first-order chi connectivity index (χ1) is 13.2. The predicted molar refractivity (Wildman–Crippen MR) is 104 cm³/mol. The molecule has 5 heteroatoms.